The predicted octanol–water partition coefficient (Wildman–Crippen LogP) is 4.47. The Bertz CT molecular complexity index is 609. The van der Waals surface area contributed by atoms with E-state index in [0.29, 0.717) is 19.5 Å². The van der Waals surface area contributed by atoms with Crippen LogP contribution in [0.4, 0.5) is 10.5 Å². The van der Waals surface area contributed by atoms with Gasteiger partial charge < -0.3 is 14.5 Å². The van der Waals surface area contributed by atoms with E-state index in [1.807, 2.05) is 62.9 Å². The number of hydrogen-bond acceptors (Lipinski definition) is 3. The highest BCUT2D eigenvalue weighted by Crippen LogP contribution is 2.28. The second-order valence-corrected chi connectivity index (χ2v) is 8.02. The lowest BCUT2D eigenvalue weighted by Gasteiger charge is -2.40. The minimum absolute atomic E-state index is 0.0232. The zero-order valence-corrected chi connectivity index (χ0v) is 16.7. The molecule has 0 radical (unpaired) electrons. The number of likely N-dealkylation sites (tertiary alicyclic amines) is 1. The number of para-hydroxylation sites is 1. The molecular formula is C21H32N2O3. The summed E-state index contributed by atoms with van der Waals surface area (Å²) < 4.78 is 5.53. The molecular weight excluding hydrogens is 328 g/mol. The number of rotatable bonds is 4. The van der Waals surface area contributed by atoms with E-state index in [4.69, 9.17) is 4.74 Å². The van der Waals surface area contributed by atoms with E-state index >= 15 is 0 Å². The van der Waals surface area contributed by atoms with Gasteiger partial charge in [0.2, 0.25) is 5.91 Å². The molecule has 0 saturated carbocycles. The topological polar surface area (TPSA) is 49.9 Å². The van der Waals surface area contributed by atoms with Gasteiger partial charge in [-0.3, -0.25) is 4.79 Å². The molecule has 2 amide bonds. The Morgan fingerprint density at radius 3 is 2.50 bits per heavy atom. The Hall–Kier alpha value is -2.04. The zero-order valence-electron chi connectivity index (χ0n) is 16.7. The van der Waals surface area contributed by atoms with Crippen LogP contribution in [-0.4, -0.2) is 41.6 Å². The van der Waals surface area contributed by atoms with Gasteiger partial charge in [0.05, 0.1) is 0 Å². The third kappa shape index (κ3) is 5.23. The monoisotopic (exact) mass is 360 g/mol. The van der Waals surface area contributed by atoms with Gasteiger partial charge in [-0.2, -0.15) is 0 Å². The van der Waals surface area contributed by atoms with Crippen molar-refractivity contribution in [2.75, 3.05) is 18.0 Å². The van der Waals surface area contributed by atoms with E-state index in [0.717, 1.165) is 18.5 Å². The van der Waals surface area contributed by atoms with Gasteiger partial charge in [0.15, 0.2) is 0 Å². The third-order valence-corrected chi connectivity index (χ3v) is 4.80. The van der Waals surface area contributed by atoms with Gasteiger partial charge in [0.25, 0.3) is 0 Å². The van der Waals surface area contributed by atoms with E-state index in [-0.39, 0.29) is 24.0 Å². The highest BCUT2D eigenvalue weighted by Gasteiger charge is 2.34. The normalized spacial score (nSPS) is 19.0. The van der Waals surface area contributed by atoms with Gasteiger partial charge in [-0.15, -0.1) is 0 Å². The number of benzene rings is 1. The molecule has 0 spiro atoms. The van der Waals surface area contributed by atoms with Gasteiger partial charge in [0.1, 0.15) is 5.60 Å². The highest BCUT2D eigenvalue weighted by molar-refractivity contribution is 5.93. The molecule has 26 heavy (non-hydrogen) atoms. The van der Waals surface area contributed by atoms with Gasteiger partial charge in [-0.05, 0) is 58.6 Å². The minimum atomic E-state index is -0.496. The van der Waals surface area contributed by atoms with Crippen LogP contribution in [0.2, 0.25) is 0 Å². The van der Waals surface area contributed by atoms with Crippen LogP contribution in [0.3, 0.4) is 0 Å². The number of piperidine rings is 1. The molecule has 0 aliphatic carbocycles. The Balaban J connectivity index is 2.14. The lowest BCUT2D eigenvalue weighted by atomic mass is 9.90. The van der Waals surface area contributed by atoms with Crippen molar-refractivity contribution in [1.82, 2.24) is 4.90 Å². The lowest BCUT2D eigenvalue weighted by molar-refractivity contribution is -0.119. The first kappa shape index (κ1) is 20.3. The molecule has 1 saturated heterocycles. The Morgan fingerprint density at radius 2 is 1.92 bits per heavy atom. The quantitative estimate of drug-likeness (QED) is 0.796. The number of ether oxygens (including phenoxy) is 1. The van der Waals surface area contributed by atoms with Crippen LogP contribution in [0.5, 0.6) is 0 Å². The Labute approximate surface area is 157 Å². The molecule has 2 atom stereocenters. The number of nitrogens with zero attached hydrogens (tertiary/aromatic N) is 2. The van der Waals surface area contributed by atoms with Gasteiger partial charge in [0, 0.05) is 31.2 Å². The molecule has 1 heterocycles. The average Bonchev–Trinajstić information content (AvgIpc) is 2.61. The summed E-state index contributed by atoms with van der Waals surface area (Å²) >= 11 is 0. The molecule has 0 unspecified atom stereocenters. The van der Waals surface area contributed by atoms with Crippen molar-refractivity contribution in [3.63, 3.8) is 0 Å². The second kappa shape index (κ2) is 8.56. The molecule has 2 rings (SSSR count). The van der Waals surface area contributed by atoms with Gasteiger partial charge >= 0.3 is 6.09 Å². The Morgan fingerprint density at radius 1 is 1.27 bits per heavy atom. The fourth-order valence-electron chi connectivity index (χ4n) is 3.47. The summed E-state index contributed by atoms with van der Waals surface area (Å²) in [4.78, 5) is 28.7. The molecule has 144 valence electrons. The number of amides is 2. The van der Waals surface area contributed by atoms with Crippen LogP contribution in [0.25, 0.3) is 0 Å². The maximum atomic E-state index is 12.6. The number of hydrogen-bond donors (Lipinski definition) is 0. The maximum absolute atomic E-state index is 12.6. The van der Waals surface area contributed by atoms with Crippen molar-refractivity contribution in [3.8, 4) is 0 Å². The SMILES string of the molecule is CCC(=O)N(c1ccccc1)[C@H](C)[C@H]1CCCN(C(=O)OC(C)(C)C)C1. The van der Waals surface area contributed by atoms with Crippen LogP contribution in [0.15, 0.2) is 30.3 Å². The molecule has 0 bridgehead atoms. The van der Waals surface area contributed by atoms with E-state index < -0.39 is 5.60 Å². The molecule has 1 aliphatic heterocycles. The first-order valence-corrected chi connectivity index (χ1v) is 9.58. The summed E-state index contributed by atoms with van der Waals surface area (Å²) in [6, 6.07) is 9.82. The fourth-order valence-corrected chi connectivity index (χ4v) is 3.47. The summed E-state index contributed by atoms with van der Waals surface area (Å²) in [6.07, 6.45) is 2.13. The maximum Gasteiger partial charge on any atom is 0.410 e. The van der Waals surface area contributed by atoms with Gasteiger partial charge in [-0.25, -0.2) is 4.79 Å². The molecule has 1 aromatic rings. The first-order valence-electron chi connectivity index (χ1n) is 9.58. The molecule has 1 aromatic carbocycles. The number of carbonyl (C=O) groups is 2. The summed E-state index contributed by atoms with van der Waals surface area (Å²) in [5, 5.41) is 0. The van der Waals surface area contributed by atoms with Crippen LogP contribution in [-0.2, 0) is 9.53 Å². The van der Waals surface area contributed by atoms with E-state index in [9.17, 15) is 9.59 Å². The van der Waals surface area contributed by atoms with E-state index in [1.165, 1.54) is 0 Å². The molecule has 5 heteroatoms. The second-order valence-electron chi connectivity index (χ2n) is 8.02. The van der Waals surface area contributed by atoms with Crippen molar-refractivity contribution < 1.29 is 14.3 Å². The van der Waals surface area contributed by atoms with Crippen molar-refractivity contribution in [3.05, 3.63) is 30.3 Å². The van der Waals surface area contributed by atoms with Crippen LogP contribution < -0.4 is 4.90 Å². The van der Waals surface area contributed by atoms with Crippen molar-refractivity contribution in [1.29, 1.82) is 0 Å². The minimum Gasteiger partial charge on any atom is -0.444 e. The molecule has 0 N–H and O–H groups in total. The fraction of sp³-hybridized carbons (Fsp3) is 0.619. The van der Waals surface area contributed by atoms with Gasteiger partial charge in [-0.1, -0.05) is 25.1 Å². The highest BCUT2D eigenvalue weighted by atomic mass is 16.6. The average molecular weight is 360 g/mol. The van der Waals surface area contributed by atoms with Crippen LogP contribution in [0, 0.1) is 5.92 Å². The van der Waals surface area contributed by atoms with Crippen LogP contribution >= 0.6 is 0 Å². The first-order chi connectivity index (χ1) is 12.2. The molecule has 1 aliphatic rings. The van der Waals surface area contributed by atoms with E-state index in [1.54, 1.807) is 4.90 Å². The number of anilines is 1. The molecule has 0 aromatic heterocycles. The summed E-state index contributed by atoms with van der Waals surface area (Å²) in [6.45, 7) is 11.0. The van der Waals surface area contributed by atoms with Crippen molar-refractivity contribution >= 4 is 17.7 Å². The summed E-state index contributed by atoms with van der Waals surface area (Å²) in [7, 11) is 0. The van der Waals surface area contributed by atoms with Crippen LogP contribution in [0.1, 0.15) is 53.9 Å². The third-order valence-electron chi connectivity index (χ3n) is 4.80. The lowest BCUT2D eigenvalue weighted by Crippen LogP contribution is -2.50. The largest absolute Gasteiger partial charge is 0.444 e. The molecule has 5 nitrogen and oxygen atoms in total. The van der Waals surface area contributed by atoms with Crippen molar-refractivity contribution in [2.45, 2.75) is 65.5 Å². The number of carbonyl (C=O) groups excluding carboxylic acids is 2. The summed E-state index contributed by atoms with van der Waals surface area (Å²) in [5.41, 5.74) is 0.422. The predicted molar refractivity (Wildman–Crippen MR) is 104 cm³/mol. The zero-order chi connectivity index (χ0) is 19.3. The summed E-state index contributed by atoms with van der Waals surface area (Å²) in [5.74, 6) is 0.338. The van der Waals surface area contributed by atoms with Crippen molar-refractivity contribution in [2.24, 2.45) is 5.92 Å². The smallest absolute Gasteiger partial charge is 0.410 e. The Kier molecular flexibility index (Phi) is 6.68. The molecule has 1 fully saturated rings. The standard InChI is InChI=1S/C21H32N2O3/c1-6-19(24)23(18-12-8-7-9-13-18)16(2)17-11-10-14-22(15-17)20(25)26-21(3,4)5/h7-9,12-13,16-17H,6,10-11,14-15H2,1-5H3/t16-,17+/m1/s1. The van der Waals surface area contributed by atoms with E-state index in [2.05, 4.69) is 6.92 Å².